The summed E-state index contributed by atoms with van der Waals surface area (Å²) in [6.07, 6.45) is 3.91. The van der Waals surface area contributed by atoms with Gasteiger partial charge in [0.1, 0.15) is 12.2 Å². The largest absolute Gasteiger partial charge is 0.321 e. The molecule has 1 heterocycles. The van der Waals surface area contributed by atoms with E-state index in [-0.39, 0.29) is 0 Å². The summed E-state index contributed by atoms with van der Waals surface area (Å²) in [6.45, 7) is 7.71. The first-order valence-corrected chi connectivity index (χ1v) is 5.66. The molecule has 0 radical (unpaired) electrons. The molecule has 0 bridgehead atoms. The predicted molar refractivity (Wildman–Crippen MR) is 61.6 cm³/mol. The molecule has 1 rings (SSSR count). The summed E-state index contributed by atoms with van der Waals surface area (Å²) in [4.78, 5) is 0. The number of aryl methyl sites for hydroxylation is 1. The third kappa shape index (κ3) is 4.42. The zero-order valence-electron chi connectivity index (χ0n) is 10.2. The van der Waals surface area contributed by atoms with Crippen LogP contribution in [0.4, 0.5) is 0 Å². The highest BCUT2D eigenvalue weighted by atomic mass is 15.2. The van der Waals surface area contributed by atoms with E-state index >= 15 is 0 Å². The lowest BCUT2D eigenvalue weighted by Crippen LogP contribution is -2.29. The number of aromatic nitrogens is 3. The van der Waals surface area contributed by atoms with Crippen LogP contribution < -0.4 is 5.32 Å². The van der Waals surface area contributed by atoms with Gasteiger partial charge in [0.15, 0.2) is 0 Å². The summed E-state index contributed by atoms with van der Waals surface area (Å²) in [6, 6.07) is 0.582. The molecule has 1 unspecified atom stereocenters. The van der Waals surface area contributed by atoms with Gasteiger partial charge in [0.25, 0.3) is 0 Å². The summed E-state index contributed by atoms with van der Waals surface area (Å²) in [5, 5.41) is 11.4. The molecule has 15 heavy (non-hydrogen) atoms. The lowest BCUT2D eigenvalue weighted by atomic mass is 10.1. The van der Waals surface area contributed by atoms with Gasteiger partial charge in [-0.15, -0.1) is 10.2 Å². The topological polar surface area (TPSA) is 42.7 Å². The average molecular weight is 210 g/mol. The van der Waals surface area contributed by atoms with Crippen LogP contribution in [0.1, 0.15) is 33.0 Å². The molecule has 1 aromatic heterocycles. The maximum Gasteiger partial charge on any atom is 0.133 e. The van der Waals surface area contributed by atoms with Gasteiger partial charge in [-0.3, -0.25) is 0 Å². The molecule has 4 nitrogen and oxygen atoms in total. The zero-order valence-corrected chi connectivity index (χ0v) is 10.2. The van der Waals surface area contributed by atoms with E-state index in [1.807, 2.05) is 11.6 Å². The van der Waals surface area contributed by atoms with Crippen molar-refractivity contribution in [3.8, 4) is 0 Å². The second-order valence-electron chi connectivity index (χ2n) is 4.59. The van der Waals surface area contributed by atoms with Crippen LogP contribution in [0.2, 0.25) is 0 Å². The third-order valence-corrected chi connectivity index (χ3v) is 2.47. The standard InChI is InChI=1S/C11H22N4/c1-9(2)7-10(3)12-6-5-11-14-13-8-15(11)4/h8-10,12H,5-7H2,1-4H3. The van der Waals surface area contributed by atoms with Crippen molar-refractivity contribution >= 4 is 0 Å². The first-order valence-electron chi connectivity index (χ1n) is 5.66. The van der Waals surface area contributed by atoms with E-state index in [0.29, 0.717) is 6.04 Å². The van der Waals surface area contributed by atoms with Crippen molar-refractivity contribution in [2.24, 2.45) is 13.0 Å². The molecular formula is C11H22N4. The molecule has 86 valence electrons. The molecule has 0 amide bonds. The van der Waals surface area contributed by atoms with Gasteiger partial charge in [-0.25, -0.2) is 0 Å². The number of rotatable bonds is 6. The van der Waals surface area contributed by atoms with Crippen molar-refractivity contribution < 1.29 is 0 Å². The van der Waals surface area contributed by atoms with Gasteiger partial charge < -0.3 is 9.88 Å². The fourth-order valence-corrected chi connectivity index (χ4v) is 1.75. The van der Waals surface area contributed by atoms with Crippen molar-refractivity contribution in [1.82, 2.24) is 20.1 Å². The normalized spacial score (nSPS) is 13.4. The summed E-state index contributed by atoms with van der Waals surface area (Å²) >= 11 is 0. The van der Waals surface area contributed by atoms with Gasteiger partial charge in [-0.2, -0.15) is 0 Å². The highest BCUT2D eigenvalue weighted by molar-refractivity contribution is 4.85. The Morgan fingerprint density at radius 3 is 2.67 bits per heavy atom. The molecule has 0 aliphatic carbocycles. The van der Waals surface area contributed by atoms with Crippen LogP contribution in [0.3, 0.4) is 0 Å². The van der Waals surface area contributed by atoms with E-state index < -0.39 is 0 Å². The lowest BCUT2D eigenvalue weighted by molar-refractivity contribution is 0.442. The molecule has 0 aliphatic rings. The second kappa shape index (κ2) is 5.85. The summed E-state index contributed by atoms with van der Waals surface area (Å²) < 4.78 is 1.97. The van der Waals surface area contributed by atoms with Crippen LogP contribution in [0, 0.1) is 5.92 Å². The number of hydrogen-bond acceptors (Lipinski definition) is 3. The van der Waals surface area contributed by atoms with E-state index in [0.717, 1.165) is 24.7 Å². The van der Waals surface area contributed by atoms with E-state index in [4.69, 9.17) is 0 Å². The van der Waals surface area contributed by atoms with Crippen LogP contribution in [-0.4, -0.2) is 27.4 Å². The van der Waals surface area contributed by atoms with E-state index in [9.17, 15) is 0 Å². The molecular weight excluding hydrogens is 188 g/mol. The van der Waals surface area contributed by atoms with E-state index in [2.05, 4.69) is 36.3 Å². The molecule has 0 saturated carbocycles. The molecule has 1 N–H and O–H groups in total. The minimum absolute atomic E-state index is 0.582. The SMILES string of the molecule is CC(C)CC(C)NCCc1nncn1C. The summed E-state index contributed by atoms with van der Waals surface area (Å²) in [7, 11) is 1.98. The Morgan fingerprint density at radius 2 is 2.13 bits per heavy atom. The van der Waals surface area contributed by atoms with Crippen LogP contribution >= 0.6 is 0 Å². The van der Waals surface area contributed by atoms with E-state index in [1.54, 1.807) is 6.33 Å². The number of nitrogens with zero attached hydrogens (tertiary/aromatic N) is 3. The monoisotopic (exact) mass is 210 g/mol. The molecule has 1 aromatic rings. The minimum atomic E-state index is 0.582. The minimum Gasteiger partial charge on any atom is -0.321 e. The maximum absolute atomic E-state index is 4.05. The van der Waals surface area contributed by atoms with Crippen molar-refractivity contribution in [3.63, 3.8) is 0 Å². The van der Waals surface area contributed by atoms with E-state index in [1.165, 1.54) is 6.42 Å². The van der Waals surface area contributed by atoms with Gasteiger partial charge >= 0.3 is 0 Å². The summed E-state index contributed by atoms with van der Waals surface area (Å²) in [5.74, 6) is 1.79. The Morgan fingerprint density at radius 1 is 1.40 bits per heavy atom. The fourth-order valence-electron chi connectivity index (χ4n) is 1.75. The summed E-state index contributed by atoms with van der Waals surface area (Å²) in [5.41, 5.74) is 0. The number of hydrogen-bond donors (Lipinski definition) is 1. The van der Waals surface area contributed by atoms with Crippen molar-refractivity contribution in [1.29, 1.82) is 0 Å². The smallest absolute Gasteiger partial charge is 0.133 e. The Balaban J connectivity index is 2.19. The molecule has 0 fully saturated rings. The quantitative estimate of drug-likeness (QED) is 0.771. The zero-order chi connectivity index (χ0) is 11.3. The molecule has 0 spiro atoms. The molecule has 0 saturated heterocycles. The Labute approximate surface area is 92.1 Å². The fraction of sp³-hybridized carbons (Fsp3) is 0.818. The molecule has 1 atom stereocenters. The van der Waals surface area contributed by atoms with Gasteiger partial charge in [0.05, 0.1) is 0 Å². The lowest BCUT2D eigenvalue weighted by Gasteiger charge is -2.15. The average Bonchev–Trinajstić information content (AvgIpc) is 2.50. The van der Waals surface area contributed by atoms with Gasteiger partial charge in [-0.05, 0) is 19.3 Å². The van der Waals surface area contributed by atoms with Crippen molar-refractivity contribution in [2.75, 3.05) is 6.54 Å². The van der Waals surface area contributed by atoms with Gasteiger partial charge in [-0.1, -0.05) is 13.8 Å². The Hall–Kier alpha value is -0.900. The second-order valence-corrected chi connectivity index (χ2v) is 4.59. The first kappa shape index (κ1) is 12.2. The Kier molecular flexibility index (Phi) is 4.75. The third-order valence-electron chi connectivity index (χ3n) is 2.47. The van der Waals surface area contributed by atoms with Crippen LogP contribution in [0.15, 0.2) is 6.33 Å². The first-order chi connectivity index (χ1) is 7.09. The van der Waals surface area contributed by atoms with Crippen molar-refractivity contribution in [2.45, 2.75) is 39.7 Å². The maximum atomic E-state index is 4.05. The van der Waals surface area contributed by atoms with Gasteiger partial charge in [0.2, 0.25) is 0 Å². The molecule has 4 heteroatoms. The van der Waals surface area contributed by atoms with Gasteiger partial charge in [0, 0.05) is 26.1 Å². The van der Waals surface area contributed by atoms with Crippen LogP contribution in [0.25, 0.3) is 0 Å². The van der Waals surface area contributed by atoms with Crippen LogP contribution in [0.5, 0.6) is 0 Å². The molecule has 0 aromatic carbocycles. The Bertz CT molecular complexity index is 280. The van der Waals surface area contributed by atoms with Crippen molar-refractivity contribution in [3.05, 3.63) is 12.2 Å². The van der Waals surface area contributed by atoms with Crippen LogP contribution in [-0.2, 0) is 13.5 Å². The number of nitrogens with one attached hydrogen (secondary N) is 1. The highest BCUT2D eigenvalue weighted by Gasteiger charge is 2.05. The predicted octanol–water partition coefficient (Wildman–Crippen LogP) is 1.38. The molecule has 0 aliphatic heterocycles. The highest BCUT2D eigenvalue weighted by Crippen LogP contribution is 2.03.